The van der Waals surface area contributed by atoms with Crippen LogP contribution < -0.4 is 0 Å². The third-order valence-electron chi connectivity index (χ3n) is 2.19. The summed E-state index contributed by atoms with van der Waals surface area (Å²) in [6.07, 6.45) is -5.84. The van der Waals surface area contributed by atoms with Crippen LogP contribution in [-0.4, -0.2) is 11.7 Å². The van der Waals surface area contributed by atoms with Gasteiger partial charge in [0.05, 0.1) is 0 Å². The molecule has 1 aromatic carbocycles. The summed E-state index contributed by atoms with van der Waals surface area (Å²) < 4.78 is 50.0. The number of benzene rings is 1. The predicted molar refractivity (Wildman–Crippen MR) is 56.0 cm³/mol. The topological polar surface area (TPSA) is 17.1 Å². The Balaban J connectivity index is 3.20. The Hall–Kier alpha value is -1.10. The van der Waals surface area contributed by atoms with Crippen molar-refractivity contribution in [1.82, 2.24) is 0 Å². The number of hydrogen-bond acceptors (Lipinski definition) is 1. The second-order valence-corrected chi connectivity index (χ2v) is 3.69. The molecule has 0 saturated heterocycles. The predicted octanol–water partition coefficient (Wildman–Crippen LogP) is 4.37. The van der Waals surface area contributed by atoms with Gasteiger partial charge in [0.25, 0.3) is 12.9 Å². The highest BCUT2D eigenvalue weighted by molar-refractivity contribution is 6.19. The molecule has 0 heterocycles. The molecule has 94 valence electrons. The number of ketones is 1. The lowest BCUT2D eigenvalue weighted by atomic mass is 9.99. The average Bonchev–Trinajstić information content (AvgIpc) is 2.28. The molecule has 0 saturated carbocycles. The van der Waals surface area contributed by atoms with Gasteiger partial charge in [-0.3, -0.25) is 4.79 Å². The minimum atomic E-state index is -2.88. The minimum Gasteiger partial charge on any atom is -0.294 e. The number of alkyl halides is 5. The molecule has 0 aromatic heterocycles. The van der Waals surface area contributed by atoms with Gasteiger partial charge in [-0.15, -0.1) is 11.6 Å². The van der Waals surface area contributed by atoms with E-state index < -0.39 is 29.8 Å². The van der Waals surface area contributed by atoms with Crippen LogP contribution in [0.3, 0.4) is 0 Å². The zero-order chi connectivity index (χ0) is 13.0. The molecule has 0 aliphatic rings. The standard InChI is InChI=1S/C11H9ClF4O/c12-4-3-9(17)8-5-6(10(13)14)1-2-7(8)11(15)16/h1-2,5,10-11H,3-4H2. The molecule has 0 unspecified atom stereocenters. The molecule has 0 radical (unpaired) electrons. The molecule has 0 spiro atoms. The Kier molecular flexibility index (Phi) is 4.93. The van der Waals surface area contributed by atoms with E-state index in [2.05, 4.69) is 0 Å². The number of Topliss-reactive ketones (excluding diaryl/α,β-unsaturated/α-hetero) is 1. The van der Waals surface area contributed by atoms with E-state index in [0.717, 1.165) is 18.2 Å². The molecule has 0 bridgehead atoms. The Morgan fingerprint density at radius 1 is 1.18 bits per heavy atom. The molecule has 6 heteroatoms. The van der Waals surface area contributed by atoms with E-state index in [9.17, 15) is 22.4 Å². The third-order valence-corrected chi connectivity index (χ3v) is 2.38. The van der Waals surface area contributed by atoms with Gasteiger partial charge < -0.3 is 0 Å². The van der Waals surface area contributed by atoms with E-state index >= 15 is 0 Å². The monoisotopic (exact) mass is 268 g/mol. The number of carbonyl (C=O) groups is 1. The van der Waals surface area contributed by atoms with Crippen LogP contribution in [0.5, 0.6) is 0 Å². The number of halogens is 5. The van der Waals surface area contributed by atoms with Crippen molar-refractivity contribution >= 4 is 17.4 Å². The lowest BCUT2D eigenvalue weighted by Gasteiger charge is -2.09. The Morgan fingerprint density at radius 3 is 2.29 bits per heavy atom. The molecule has 0 atom stereocenters. The van der Waals surface area contributed by atoms with E-state index in [1.54, 1.807) is 0 Å². The molecule has 0 aliphatic carbocycles. The Bertz CT molecular complexity index is 406. The summed E-state index contributed by atoms with van der Waals surface area (Å²) in [6.45, 7) is 0. The largest absolute Gasteiger partial charge is 0.294 e. The molecule has 0 amide bonds. The van der Waals surface area contributed by atoms with Crippen molar-refractivity contribution in [3.05, 3.63) is 34.9 Å². The van der Waals surface area contributed by atoms with Gasteiger partial charge in [-0.2, -0.15) is 0 Å². The van der Waals surface area contributed by atoms with Crippen LogP contribution in [0.2, 0.25) is 0 Å². The normalized spacial score (nSPS) is 11.2. The zero-order valence-corrected chi connectivity index (χ0v) is 9.35. The van der Waals surface area contributed by atoms with Crippen LogP contribution in [0.1, 0.15) is 40.8 Å². The highest BCUT2D eigenvalue weighted by Gasteiger charge is 2.20. The van der Waals surface area contributed by atoms with Crippen molar-refractivity contribution < 1.29 is 22.4 Å². The fourth-order valence-electron chi connectivity index (χ4n) is 1.36. The molecular weight excluding hydrogens is 260 g/mol. The third kappa shape index (κ3) is 3.43. The average molecular weight is 269 g/mol. The van der Waals surface area contributed by atoms with Crippen LogP contribution >= 0.6 is 11.6 Å². The van der Waals surface area contributed by atoms with Gasteiger partial charge in [0.15, 0.2) is 5.78 Å². The molecule has 0 N–H and O–H groups in total. The van der Waals surface area contributed by atoms with Gasteiger partial charge >= 0.3 is 0 Å². The highest BCUT2D eigenvalue weighted by Crippen LogP contribution is 2.28. The summed E-state index contributed by atoms with van der Waals surface area (Å²) in [5, 5.41) is 0. The Morgan fingerprint density at radius 2 is 1.82 bits per heavy atom. The van der Waals surface area contributed by atoms with Crippen molar-refractivity contribution in [2.24, 2.45) is 0 Å². The number of hydrogen-bond donors (Lipinski definition) is 0. The van der Waals surface area contributed by atoms with Gasteiger partial charge in [-0.1, -0.05) is 12.1 Å². The lowest BCUT2D eigenvalue weighted by molar-refractivity contribution is 0.0974. The zero-order valence-electron chi connectivity index (χ0n) is 8.60. The van der Waals surface area contributed by atoms with E-state index in [4.69, 9.17) is 11.6 Å². The molecular formula is C11H9ClF4O. The first-order valence-corrected chi connectivity index (χ1v) is 5.30. The fourth-order valence-corrected chi connectivity index (χ4v) is 1.53. The molecule has 0 aliphatic heterocycles. The van der Waals surface area contributed by atoms with Crippen LogP contribution in [0.4, 0.5) is 17.6 Å². The van der Waals surface area contributed by atoms with Gasteiger partial charge in [0.2, 0.25) is 0 Å². The van der Waals surface area contributed by atoms with E-state index in [1.165, 1.54) is 0 Å². The quantitative estimate of drug-likeness (QED) is 0.440. The smallest absolute Gasteiger partial charge is 0.264 e. The van der Waals surface area contributed by atoms with Gasteiger partial charge in [-0.25, -0.2) is 17.6 Å². The Labute approximate surface area is 100 Å². The lowest BCUT2D eigenvalue weighted by Crippen LogP contribution is -2.06. The summed E-state index contributed by atoms with van der Waals surface area (Å²) >= 11 is 5.32. The van der Waals surface area contributed by atoms with Crippen LogP contribution in [0.25, 0.3) is 0 Å². The first kappa shape index (κ1) is 14.0. The van der Waals surface area contributed by atoms with E-state index in [-0.39, 0.29) is 17.9 Å². The second kappa shape index (κ2) is 6.00. The van der Waals surface area contributed by atoms with Crippen molar-refractivity contribution in [3.63, 3.8) is 0 Å². The second-order valence-electron chi connectivity index (χ2n) is 3.31. The van der Waals surface area contributed by atoms with Crippen molar-refractivity contribution in [2.75, 3.05) is 5.88 Å². The summed E-state index contributed by atoms with van der Waals surface area (Å²) in [5.41, 5.74) is -1.37. The van der Waals surface area contributed by atoms with Crippen LogP contribution in [0, 0.1) is 0 Å². The summed E-state index contributed by atoms with van der Waals surface area (Å²) in [4.78, 5) is 11.5. The minimum absolute atomic E-state index is 0.0413. The number of rotatable bonds is 5. The van der Waals surface area contributed by atoms with Crippen molar-refractivity contribution in [3.8, 4) is 0 Å². The number of carbonyl (C=O) groups excluding carboxylic acids is 1. The molecule has 0 fully saturated rings. The van der Waals surface area contributed by atoms with Gasteiger partial charge in [-0.05, 0) is 6.07 Å². The van der Waals surface area contributed by atoms with E-state index in [0.29, 0.717) is 0 Å². The first-order chi connectivity index (χ1) is 7.97. The van der Waals surface area contributed by atoms with Crippen molar-refractivity contribution in [1.29, 1.82) is 0 Å². The fraction of sp³-hybridized carbons (Fsp3) is 0.364. The van der Waals surface area contributed by atoms with Gasteiger partial charge in [0, 0.05) is 29.0 Å². The summed E-state index contributed by atoms with van der Waals surface area (Å²) in [5.74, 6) is -0.696. The van der Waals surface area contributed by atoms with Crippen LogP contribution in [0.15, 0.2) is 18.2 Å². The molecule has 1 aromatic rings. The SMILES string of the molecule is O=C(CCCl)c1cc(C(F)F)ccc1C(F)F. The first-order valence-electron chi connectivity index (χ1n) is 4.76. The molecule has 17 heavy (non-hydrogen) atoms. The van der Waals surface area contributed by atoms with E-state index in [1.807, 2.05) is 0 Å². The molecule has 1 nitrogen and oxygen atoms in total. The molecule has 1 rings (SSSR count). The summed E-state index contributed by atoms with van der Waals surface area (Å²) in [7, 11) is 0. The van der Waals surface area contributed by atoms with Crippen molar-refractivity contribution in [2.45, 2.75) is 19.3 Å². The maximum absolute atomic E-state index is 12.6. The highest BCUT2D eigenvalue weighted by atomic mass is 35.5. The maximum atomic E-state index is 12.6. The van der Waals surface area contributed by atoms with Gasteiger partial charge in [0.1, 0.15) is 0 Å². The van der Waals surface area contributed by atoms with Crippen LogP contribution in [-0.2, 0) is 0 Å². The maximum Gasteiger partial charge on any atom is 0.264 e. The summed E-state index contributed by atoms with van der Waals surface area (Å²) in [6, 6.07) is 2.55.